The molecule has 0 amide bonds. The molecule has 2 heterocycles. The van der Waals surface area contributed by atoms with Gasteiger partial charge in [-0.15, -0.1) is 0 Å². The van der Waals surface area contributed by atoms with Crippen molar-refractivity contribution in [2.24, 2.45) is 0 Å². The van der Waals surface area contributed by atoms with Gasteiger partial charge in [0.1, 0.15) is 5.66 Å². The molecule has 1 aliphatic heterocycles. The van der Waals surface area contributed by atoms with Gasteiger partial charge in [-0.2, -0.15) is 0 Å². The Morgan fingerprint density at radius 3 is 2.17 bits per heavy atom. The normalized spacial score (nSPS) is 15.8. The number of anilines is 1. The molecule has 1 aliphatic rings. The highest BCUT2D eigenvalue weighted by molar-refractivity contribution is 6.14. The third kappa shape index (κ3) is 2.58. The molecule has 3 heteroatoms. The highest BCUT2D eigenvalue weighted by Gasteiger charge is 2.38. The Hall–Kier alpha value is -3.20. The maximum Gasteiger partial charge on any atom is 0.111 e. The van der Waals surface area contributed by atoms with E-state index in [1.54, 1.807) is 0 Å². The van der Waals surface area contributed by atoms with Crippen LogP contribution in [0.15, 0.2) is 79.1 Å². The summed E-state index contributed by atoms with van der Waals surface area (Å²) in [6.07, 6.45) is 4.48. The summed E-state index contributed by atoms with van der Waals surface area (Å²) in [5.41, 5.74) is 6.11. The SMILES string of the molecule is Cc1ccc2c3ccccc3n(-c3ccccc3)c2c1N1C=CN(C(C)C)C1(C)C. The van der Waals surface area contributed by atoms with Gasteiger partial charge in [0, 0.05) is 34.9 Å². The number of hydrogen-bond acceptors (Lipinski definition) is 2. The van der Waals surface area contributed by atoms with Crippen molar-refractivity contribution in [3.05, 3.63) is 84.7 Å². The average molecular weight is 396 g/mol. The van der Waals surface area contributed by atoms with Crippen LogP contribution < -0.4 is 4.90 Å². The zero-order valence-corrected chi connectivity index (χ0v) is 18.4. The Labute approximate surface area is 178 Å². The molecule has 5 rings (SSSR count). The molecule has 4 aromatic rings. The first kappa shape index (κ1) is 18.8. The van der Waals surface area contributed by atoms with Gasteiger partial charge in [0.05, 0.1) is 16.7 Å². The Morgan fingerprint density at radius 1 is 0.767 bits per heavy atom. The van der Waals surface area contributed by atoms with E-state index in [1.807, 2.05) is 0 Å². The van der Waals surface area contributed by atoms with Gasteiger partial charge in [0.25, 0.3) is 0 Å². The van der Waals surface area contributed by atoms with Crippen molar-refractivity contribution >= 4 is 27.5 Å². The summed E-state index contributed by atoms with van der Waals surface area (Å²) in [4.78, 5) is 4.88. The number of aromatic nitrogens is 1. The third-order valence-corrected chi connectivity index (χ3v) is 6.42. The van der Waals surface area contributed by atoms with Crippen LogP contribution in [0.3, 0.4) is 0 Å². The van der Waals surface area contributed by atoms with Crippen LogP contribution in [0, 0.1) is 6.92 Å². The van der Waals surface area contributed by atoms with Crippen LogP contribution in [0.1, 0.15) is 33.3 Å². The maximum atomic E-state index is 2.45. The minimum absolute atomic E-state index is 0.148. The van der Waals surface area contributed by atoms with E-state index in [9.17, 15) is 0 Å². The lowest BCUT2D eigenvalue weighted by Crippen LogP contribution is -2.51. The number of rotatable bonds is 3. The van der Waals surface area contributed by atoms with E-state index in [0.717, 1.165) is 0 Å². The lowest BCUT2D eigenvalue weighted by atomic mass is 10.0. The van der Waals surface area contributed by atoms with Gasteiger partial charge in [0.15, 0.2) is 0 Å². The van der Waals surface area contributed by atoms with Crippen LogP contribution in [0.25, 0.3) is 27.5 Å². The monoisotopic (exact) mass is 395 g/mol. The van der Waals surface area contributed by atoms with E-state index >= 15 is 0 Å². The van der Waals surface area contributed by atoms with E-state index in [0.29, 0.717) is 6.04 Å². The molecule has 0 saturated carbocycles. The van der Waals surface area contributed by atoms with Gasteiger partial charge in [-0.05, 0) is 58.4 Å². The molecule has 152 valence electrons. The van der Waals surface area contributed by atoms with Crippen molar-refractivity contribution in [2.45, 2.75) is 46.3 Å². The molecule has 30 heavy (non-hydrogen) atoms. The van der Waals surface area contributed by atoms with Crippen molar-refractivity contribution in [3.8, 4) is 5.69 Å². The molecule has 0 saturated heterocycles. The summed E-state index contributed by atoms with van der Waals surface area (Å²) in [6.45, 7) is 11.3. The highest BCUT2D eigenvalue weighted by atomic mass is 15.4. The van der Waals surface area contributed by atoms with Gasteiger partial charge < -0.3 is 14.4 Å². The van der Waals surface area contributed by atoms with Gasteiger partial charge in [-0.3, -0.25) is 0 Å². The fraction of sp³-hybridized carbons (Fsp3) is 0.259. The second-order valence-corrected chi connectivity index (χ2v) is 8.98. The first-order valence-electron chi connectivity index (χ1n) is 10.8. The number of aryl methyl sites for hydroxylation is 1. The lowest BCUT2D eigenvalue weighted by Gasteiger charge is -2.43. The summed E-state index contributed by atoms with van der Waals surface area (Å²) in [7, 11) is 0. The molecular weight excluding hydrogens is 366 g/mol. The molecule has 3 nitrogen and oxygen atoms in total. The van der Waals surface area contributed by atoms with Gasteiger partial charge in [0.2, 0.25) is 0 Å². The molecule has 0 N–H and O–H groups in total. The molecule has 0 atom stereocenters. The van der Waals surface area contributed by atoms with Gasteiger partial charge in [-0.25, -0.2) is 0 Å². The molecular formula is C27H29N3. The van der Waals surface area contributed by atoms with Crippen molar-refractivity contribution in [1.82, 2.24) is 9.47 Å². The standard InChI is InChI=1S/C27H29N3/c1-19(2)28-17-18-29(27(28,4)5)25-20(3)15-16-23-22-13-9-10-14-24(22)30(26(23)25)21-11-7-6-8-12-21/h6-19H,1-5H3. The lowest BCUT2D eigenvalue weighted by molar-refractivity contribution is 0.170. The third-order valence-electron chi connectivity index (χ3n) is 6.42. The quantitative estimate of drug-likeness (QED) is 0.377. The van der Waals surface area contributed by atoms with Gasteiger partial charge >= 0.3 is 0 Å². The minimum Gasteiger partial charge on any atom is -0.351 e. The number of benzene rings is 3. The average Bonchev–Trinajstić information content (AvgIpc) is 3.22. The minimum atomic E-state index is -0.148. The largest absolute Gasteiger partial charge is 0.351 e. The predicted molar refractivity (Wildman–Crippen MR) is 128 cm³/mol. The summed E-state index contributed by atoms with van der Waals surface area (Å²) in [6, 6.07) is 24.4. The second-order valence-electron chi connectivity index (χ2n) is 8.98. The molecule has 1 aromatic heterocycles. The number of para-hydroxylation sites is 2. The van der Waals surface area contributed by atoms with Crippen LogP contribution in [0.4, 0.5) is 5.69 Å². The fourth-order valence-electron chi connectivity index (χ4n) is 5.07. The molecule has 0 radical (unpaired) electrons. The van der Waals surface area contributed by atoms with Crippen LogP contribution >= 0.6 is 0 Å². The molecule has 3 aromatic carbocycles. The second kappa shape index (κ2) is 6.66. The van der Waals surface area contributed by atoms with Crippen LogP contribution in [0.5, 0.6) is 0 Å². The van der Waals surface area contributed by atoms with Crippen molar-refractivity contribution in [3.63, 3.8) is 0 Å². The molecule has 0 bridgehead atoms. The molecule has 0 fully saturated rings. The zero-order chi connectivity index (χ0) is 21.0. The zero-order valence-electron chi connectivity index (χ0n) is 18.4. The summed E-state index contributed by atoms with van der Waals surface area (Å²) in [5, 5.41) is 2.58. The van der Waals surface area contributed by atoms with E-state index in [1.165, 1.54) is 38.7 Å². The highest BCUT2D eigenvalue weighted by Crippen LogP contribution is 2.44. The topological polar surface area (TPSA) is 11.4 Å². The van der Waals surface area contributed by atoms with Crippen molar-refractivity contribution in [2.75, 3.05) is 4.90 Å². The van der Waals surface area contributed by atoms with Crippen molar-refractivity contribution in [1.29, 1.82) is 0 Å². The Bertz CT molecular complexity index is 1260. The Morgan fingerprint density at radius 2 is 1.47 bits per heavy atom. The number of fused-ring (bicyclic) bond motifs is 3. The first-order valence-corrected chi connectivity index (χ1v) is 10.8. The predicted octanol–water partition coefficient (Wildman–Crippen LogP) is 6.83. The van der Waals surface area contributed by atoms with E-state index < -0.39 is 0 Å². The summed E-state index contributed by atoms with van der Waals surface area (Å²) in [5.74, 6) is 0. The number of nitrogens with zero attached hydrogens (tertiary/aromatic N) is 3. The number of hydrogen-bond donors (Lipinski definition) is 0. The molecule has 0 aliphatic carbocycles. The van der Waals surface area contributed by atoms with Gasteiger partial charge in [-0.1, -0.05) is 48.5 Å². The maximum absolute atomic E-state index is 2.45. The molecule has 0 spiro atoms. The Balaban J connectivity index is 1.89. The molecule has 0 unspecified atom stereocenters. The van der Waals surface area contributed by atoms with E-state index in [-0.39, 0.29) is 5.66 Å². The van der Waals surface area contributed by atoms with Crippen molar-refractivity contribution < 1.29 is 0 Å². The fourth-order valence-corrected chi connectivity index (χ4v) is 5.07. The van der Waals surface area contributed by atoms with Crippen LogP contribution in [-0.2, 0) is 0 Å². The van der Waals surface area contributed by atoms with E-state index in [2.05, 4.69) is 128 Å². The summed E-state index contributed by atoms with van der Waals surface area (Å²) < 4.78 is 2.43. The first-order chi connectivity index (χ1) is 14.4. The van der Waals surface area contributed by atoms with Crippen LogP contribution in [-0.4, -0.2) is 21.2 Å². The smallest absolute Gasteiger partial charge is 0.111 e. The van der Waals surface area contributed by atoms with E-state index in [4.69, 9.17) is 0 Å². The van der Waals surface area contributed by atoms with Crippen LogP contribution in [0.2, 0.25) is 0 Å². The summed E-state index contributed by atoms with van der Waals surface area (Å²) >= 11 is 0. The Kier molecular flexibility index (Phi) is 4.18.